The zero-order valence-electron chi connectivity index (χ0n) is 17.8. The minimum absolute atomic E-state index is 0.0225. The van der Waals surface area contributed by atoms with Crippen LogP contribution in [0.25, 0.3) is 0 Å². The van der Waals surface area contributed by atoms with Gasteiger partial charge < -0.3 is 15.4 Å². The Balaban J connectivity index is 1.68. The monoisotopic (exact) mass is 401 g/mol. The van der Waals surface area contributed by atoms with E-state index in [1.54, 1.807) is 0 Å². The molecule has 2 atom stereocenters. The van der Waals surface area contributed by atoms with Crippen molar-refractivity contribution in [2.45, 2.75) is 58.0 Å². The Morgan fingerprint density at radius 2 is 1.79 bits per heavy atom. The lowest BCUT2D eigenvalue weighted by Gasteiger charge is -2.36. The molecule has 1 aromatic rings. The fourth-order valence-electron chi connectivity index (χ4n) is 4.27. The number of amides is 2. The van der Waals surface area contributed by atoms with E-state index in [1.165, 1.54) is 0 Å². The van der Waals surface area contributed by atoms with Crippen LogP contribution in [0.15, 0.2) is 24.3 Å². The second kappa shape index (κ2) is 10.7. The maximum Gasteiger partial charge on any atom is 0.251 e. The van der Waals surface area contributed by atoms with Gasteiger partial charge in [0, 0.05) is 50.5 Å². The first-order chi connectivity index (χ1) is 14.1. The van der Waals surface area contributed by atoms with Crippen LogP contribution in [0.4, 0.5) is 0 Å². The smallest absolute Gasteiger partial charge is 0.251 e. The molecule has 2 saturated heterocycles. The number of carbonyl (C=O) groups excluding carboxylic acids is 2. The Hall–Kier alpha value is -1.92. The zero-order chi connectivity index (χ0) is 20.6. The van der Waals surface area contributed by atoms with Gasteiger partial charge in [0.1, 0.15) is 0 Å². The summed E-state index contributed by atoms with van der Waals surface area (Å²) >= 11 is 0. The fourth-order valence-corrected chi connectivity index (χ4v) is 4.27. The lowest BCUT2D eigenvalue weighted by molar-refractivity contribution is -0.125. The number of rotatable bonds is 6. The second-order valence-electron chi connectivity index (χ2n) is 8.40. The van der Waals surface area contributed by atoms with Gasteiger partial charge in [-0.15, -0.1) is 0 Å². The van der Waals surface area contributed by atoms with Crippen LogP contribution >= 0.6 is 0 Å². The molecule has 0 spiro atoms. The number of likely N-dealkylation sites (tertiary alicyclic amines) is 1. The van der Waals surface area contributed by atoms with Crippen molar-refractivity contribution < 1.29 is 14.3 Å². The second-order valence-corrected chi connectivity index (χ2v) is 8.40. The number of benzene rings is 1. The summed E-state index contributed by atoms with van der Waals surface area (Å²) in [5, 5.41) is 6.29. The van der Waals surface area contributed by atoms with E-state index < -0.39 is 0 Å². The van der Waals surface area contributed by atoms with E-state index >= 15 is 0 Å². The molecule has 2 fully saturated rings. The summed E-state index contributed by atoms with van der Waals surface area (Å²) in [5.41, 5.74) is 1.83. The number of hydrogen-bond donors (Lipinski definition) is 2. The molecule has 0 aromatic heterocycles. The lowest BCUT2D eigenvalue weighted by atomic mass is 10.00. The van der Waals surface area contributed by atoms with Crippen molar-refractivity contribution in [2.75, 3.05) is 32.8 Å². The van der Waals surface area contributed by atoms with Crippen LogP contribution < -0.4 is 10.6 Å². The predicted molar refractivity (Wildman–Crippen MR) is 114 cm³/mol. The average molecular weight is 402 g/mol. The molecule has 0 unspecified atom stereocenters. The normalized spacial score (nSPS) is 23.9. The largest absolute Gasteiger partial charge is 0.381 e. The Kier molecular flexibility index (Phi) is 8.07. The lowest BCUT2D eigenvalue weighted by Crippen LogP contribution is -2.49. The van der Waals surface area contributed by atoms with Crippen molar-refractivity contribution in [3.63, 3.8) is 0 Å². The average Bonchev–Trinajstić information content (AvgIpc) is 2.96. The van der Waals surface area contributed by atoms with Gasteiger partial charge >= 0.3 is 0 Å². The Morgan fingerprint density at radius 1 is 1.07 bits per heavy atom. The zero-order valence-corrected chi connectivity index (χ0v) is 17.8. The molecule has 2 N–H and O–H groups in total. The Bertz CT molecular complexity index is 670. The fraction of sp³-hybridized carbons (Fsp3) is 0.652. The van der Waals surface area contributed by atoms with E-state index in [1.807, 2.05) is 31.2 Å². The van der Waals surface area contributed by atoms with E-state index in [2.05, 4.69) is 22.5 Å². The van der Waals surface area contributed by atoms with E-state index in [9.17, 15) is 9.59 Å². The third-order valence-corrected chi connectivity index (χ3v) is 6.05. The number of hydrogen-bond acceptors (Lipinski definition) is 4. The first kappa shape index (κ1) is 21.8. The van der Waals surface area contributed by atoms with E-state index in [-0.39, 0.29) is 23.8 Å². The summed E-state index contributed by atoms with van der Waals surface area (Å²) in [6.07, 6.45) is 4.54. The molecule has 160 valence electrons. The molecule has 1 aromatic carbocycles. The molecule has 2 amide bonds. The first-order valence-corrected chi connectivity index (χ1v) is 11.0. The number of carbonyl (C=O) groups is 2. The Morgan fingerprint density at radius 3 is 2.48 bits per heavy atom. The molecule has 6 nitrogen and oxygen atoms in total. The molecule has 3 rings (SSSR count). The van der Waals surface area contributed by atoms with Crippen molar-refractivity contribution in [3.05, 3.63) is 35.4 Å². The molecule has 2 heterocycles. The maximum absolute atomic E-state index is 12.7. The number of aryl methyl sites for hydroxylation is 1. The highest BCUT2D eigenvalue weighted by molar-refractivity contribution is 5.94. The topological polar surface area (TPSA) is 70.7 Å². The van der Waals surface area contributed by atoms with Gasteiger partial charge in [-0.3, -0.25) is 14.5 Å². The molecular weight excluding hydrogens is 366 g/mol. The van der Waals surface area contributed by atoms with Crippen molar-refractivity contribution in [1.82, 2.24) is 15.5 Å². The van der Waals surface area contributed by atoms with Crippen LogP contribution in [0, 0.1) is 12.8 Å². The molecule has 0 bridgehead atoms. The van der Waals surface area contributed by atoms with Crippen molar-refractivity contribution in [3.8, 4) is 0 Å². The third-order valence-electron chi connectivity index (χ3n) is 6.05. The van der Waals surface area contributed by atoms with Gasteiger partial charge in [0.2, 0.25) is 5.91 Å². The highest BCUT2D eigenvalue weighted by Gasteiger charge is 2.33. The summed E-state index contributed by atoms with van der Waals surface area (Å²) in [7, 11) is 0. The first-order valence-electron chi connectivity index (χ1n) is 11.0. The summed E-state index contributed by atoms with van der Waals surface area (Å²) < 4.78 is 5.53. The SMILES string of the molecule is CCCNC(=O)[C@@H]1CC[C@H](NC(=O)c2ccc(C)cc2)CN(C2CCOCC2)C1. The number of nitrogens with zero attached hydrogens (tertiary/aromatic N) is 1. The Labute approximate surface area is 174 Å². The van der Waals surface area contributed by atoms with E-state index in [4.69, 9.17) is 4.74 Å². The van der Waals surface area contributed by atoms with Gasteiger partial charge in [-0.05, 0) is 51.2 Å². The standard InChI is InChI=1S/C23H35N3O3/c1-3-12-24-22(27)19-8-9-20(16-26(15-19)21-10-13-29-14-11-21)25-23(28)18-6-4-17(2)5-7-18/h4-7,19-21H,3,8-16H2,1-2H3,(H,24,27)(H,25,28)/t19-,20+/m1/s1. The highest BCUT2D eigenvalue weighted by atomic mass is 16.5. The van der Waals surface area contributed by atoms with Gasteiger partial charge in [0.15, 0.2) is 0 Å². The minimum atomic E-state index is -0.0317. The highest BCUT2D eigenvalue weighted by Crippen LogP contribution is 2.23. The van der Waals surface area contributed by atoms with Crippen LogP contribution in [-0.2, 0) is 9.53 Å². The van der Waals surface area contributed by atoms with Crippen LogP contribution in [-0.4, -0.2) is 61.6 Å². The van der Waals surface area contributed by atoms with E-state index in [0.29, 0.717) is 11.6 Å². The van der Waals surface area contributed by atoms with Crippen molar-refractivity contribution in [1.29, 1.82) is 0 Å². The summed E-state index contributed by atoms with van der Waals surface area (Å²) in [6, 6.07) is 8.14. The molecule has 0 saturated carbocycles. The maximum atomic E-state index is 12.7. The van der Waals surface area contributed by atoms with Gasteiger partial charge in [-0.1, -0.05) is 24.6 Å². The summed E-state index contributed by atoms with van der Waals surface area (Å²) in [6.45, 7) is 7.90. The van der Waals surface area contributed by atoms with Crippen LogP contribution in [0.5, 0.6) is 0 Å². The van der Waals surface area contributed by atoms with Gasteiger partial charge in [0.25, 0.3) is 5.91 Å². The number of nitrogens with one attached hydrogen (secondary N) is 2. The van der Waals surface area contributed by atoms with Crippen molar-refractivity contribution >= 4 is 11.8 Å². The summed E-state index contributed by atoms with van der Waals surface area (Å²) in [5.74, 6) is 0.0934. The van der Waals surface area contributed by atoms with Crippen LogP contribution in [0.3, 0.4) is 0 Å². The molecule has 0 aliphatic carbocycles. The molecule has 6 heteroatoms. The van der Waals surface area contributed by atoms with Crippen molar-refractivity contribution in [2.24, 2.45) is 5.92 Å². The quantitative estimate of drug-likeness (QED) is 0.768. The van der Waals surface area contributed by atoms with Gasteiger partial charge in [0.05, 0.1) is 5.92 Å². The van der Waals surface area contributed by atoms with Gasteiger partial charge in [-0.25, -0.2) is 0 Å². The molecule has 2 aliphatic heterocycles. The third kappa shape index (κ3) is 6.28. The van der Waals surface area contributed by atoms with Crippen LogP contribution in [0.2, 0.25) is 0 Å². The van der Waals surface area contributed by atoms with E-state index in [0.717, 1.165) is 70.5 Å². The molecule has 0 radical (unpaired) electrons. The molecule has 2 aliphatic rings. The molecular formula is C23H35N3O3. The van der Waals surface area contributed by atoms with Crippen LogP contribution in [0.1, 0.15) is 54.9 Å². The van der Waals surface area contributed by atoms with Gasteiger partial charge in [-0.2, -0.15) is 0 Å². The summed E-state index contributed by atoms with van der Waals surface area (Å²) in [4.78, 5) is 27.8. The molecule has 29 heavy (non-hydrogen) atoms. The number of ether oxygens (including phenoxy) is 1. The predicted octanol–water partition coefficient (Wildman–Crippen LogP) is 2.51. The minimum Gasteiger partial charge on any atom is -0.381 e.